The van der Waals surface area contributed by atoms with Crippen molar-refractivity contribution in [2.24, 2.45) is 0 Å². The molecule has 10 nitrogen and oxygen atoms in total. The highest BCUT2D eigenvalue weighted by Crippen LogP contribution is 2.08. The summed E-state index contributed by atoms with van der Waals surface area (Å²) in [5.74, 6) is -3.05. The Kier molecular flexibility index (Phi) is 10.3. The number of carbonyl (C=O) groups is 4. The van der Waals surface area contributed by atoms with Gasteiger partial charge in [-0.15, -0.1) is 0 Å². The van der Waals surface area contributed by atoms with Crippen LogP contribution in [0, 0.1) is 0 Å². The Balaban J connectivity index is 2.41. The maximum Gasteiger partial charge on any atom is 0.338 e. The highest BCUT2D eigenvalue weighted by Gasteiger charge is 2.16. The van der Waals surface area contributed by atoms with Gasteiger partial charge in [0.2, 0.25) is 0 Å². The Labute approximate surface area is 167 Å². The third-order valence-electron chi connectivity index (χ3n) is 3.59. The van der Waals surface area contributed by atoms with Crippen molar-refractivity contribution in [3.63, 3.8) is 0 Å². The Bertz CT molecular complexity index is 697. The molecule has 0 amide bonds. The summed E-state index contributed by atoms with van der Waals surface area (Å²) in [5, 5.41) is 19.1. The number of rotatable bonds is 11. The summed E-state index contributed by atoms with van der Waals surface area (Å²) >= 11 is 0. The van der Waals surface area contributed by atoms with E-state index in [4.69, 9.17) is 9.47 Å². The van der Waals surface area contributed by atoms with Crippen LogP contribution < -0.4 is 0 Å². The minimum Gasteiger partial charge on any atom is -0.469 e. The van der Waals surface area contributed by atoms with Gasteiger partial charge in [-0.25, -0.2) is 9.59 Å². The van der Waals surface area contributed by atoms with Crippen molar-refractivity contribution in [2.75, 3.05) is 26.9 Å². The SMILES string of the molecule is CCC(O)COC(=O)c1ccc(C(=O)OCC(O)COC(=O)CC(=O)OC)cc1. The lowest BCUT2D eigenvalue weighted by Crippen LogP contribution is -2.26. The molecule has 0 aliphatic carbocycles. The topological polar surface area (TPSA) is 146 Å². The number of carbonyl (C=O) groups excluding carboxylic acids is 4. The minimum atomic E-state index is -1.28. The van der Waals surface area contributed by atoms with Crippen LogP contribution in [-0.2, 0) is 28.5 Å². The van der Waals surface area contributed by atoms with E-state index >= 15 is 0 Å². The fourth-order valence-electron chi connectivity index (χ4n) is 1.85. The van der Waals surface area contributed by atoms with E-state index in [2.05, 4.69) is 9.47 Å². The first-order chi connectivity index (χ1) is 13.8. The second-order valence-corrected chi connectivity index (χ2v) is 5.93. The summed E-state index contributed by atoms with van der Waals surface area (Å²) in [7, 11) is 1.12. The smallest absolute Gasteiger partial charge is 0.338 e. The molecule has 0 aliphatic heterocycles. The van der Waals surface area contributed by atoms with Gasteiger partial charge in [0.05, 0.1) is 24.3 Å². The van der Waals surface area contributed by atoms with Crippen molar-refractivity contribution in [3.8, 4) is 0 Å². The van der Waals surface area contributed by atoms with Gasteiger partial charge in [-0.2, -0.15) is 0 Å². The van der Waals surface area contributed by atoms with Crippen molar-refractivity contribution in [3.05, 3.63) is 35.4 Å². The molecule has 0 radical (unpaired) electrons. The molecule has 10 heteroatoms. The lowest BCUT2D eigenvalue weighted by atomic mass is 10.1. The quantitative estimate of drug-likeness (QED) is 0.294. The molecule has 1 aromatic rings. The Morgan fingerprint density at radius 3 is 1.69 bits per heavy atom. The summed E-state index contributed by atoms with van der Waals surface area (Å²) in [5.41, 5.74) is 0.326. The molecular formula is C19H24O10. The maximum atomic E-state index is 12.0. The summed E-state index contributed by atoms with van der Waals surface area (Å²) < 4.78 is 18.8. The molecule has 1 aromatic carbocycles. The van der Waals surface area contributed by atoms with E-state index in [1.807, 2.05) is 0 Å². The number of hydrogen-bond acceptors (Lipinski definition) is 10. The first-order valence-electron chi connectivity index (χ1n) is 8.79. The number of aliphatic hydroxyl groups excluding tert-OH is 2. The fourth-order valence-corrected chi connectivity index (χ4v) is 1.85. The standard InChI is InChI=1S/C19H24O10/c1-3-14(20)9-28-18(24)12-4-6-13(7-5-12)19(25)29-11-15(21)10-27-17(23)8-16(22)26-2/h4-7,14-15,20-21H,3,8-11H2,1-2H3. The molecular weight excluding hydrogens is 388 g/mol. The van der Waals surface area contributed by atoms with E-state index < -0.39 is 55.7 Å². The van der Waals surface area contributed by atoms with Crippen molar-refractivity contribution in [1.82, 2.24) is 0 Å². The zero-order chi connectivity index (χ0) is 21.8. The average Bonchev–Trinajstić information content (AvgIpc) is 2.73. The second-order valence-electron chi connectivity index (χ2n) is 5.93. The van der Waals surface area contributed by atoms with E-state index in [0.717, 1.165) is 7.11 Å². The number of esters is 4. The average molecular weight is 412 g/mol. The molecule has 0 spiro atoms. The number of benzene rings is 1. The van der Waals surface area contributed by atoms with Gasteiger partial charge >= 0.3 is 23.9 Å². The van der Waals surface area contributed by atoms with Crippen LogP contribution in [-0.4, -0.2) is 73.2 Å². The van der Waals surface area contributed by atoms with Gasteiger partial charge < -0.3 is 29.2 Å². The molecule has 0 saturated heterocycles. The Morgan fingerprint density at radius 1 is 0.793 bits per heavy atom. The second kappa shape index (κ2) is 12.5. The van der Waals surface area contributed by atoms with E-state index in [-0.39, 0.29) is 17.7 Å². The van der Waals surface area contributed by atoms with Crippen molar-refractivity contribution >= 4 is 23.9 Å². The Hall–Kier alpha value is -2.98. The highest BCUT2D eigenvalue weighted by molar-refractivity contribution is 5.93. The van der Waals surface area contributed by atoms with Crippen LogP contribution in [0.25, 0.3) is 0 Å². The molecule has 0 heterocycles. The lowest BCUT2D eigenvalue weighted by Gasteiger charge is -2.12. The van der Waals surface area contributed by atoms with Gasteiger partial charge in [-0.05, 0) is 30.7 Å². The van der Waals surface area contributed by atoms with Gasteiger partial charge in [0.1, 0.15) is 32.3 Å². The molecule has 0 bridgehead atoms. The minimum absolute atomic E-state index is 0.124. The van der Waals surface area contributed by atoms with Gasteiger partial charge in [0.25, 0.3) is 0 Å². The summed E-state index contributed by atoms with van der Waals surface area (Å²) in [4.78, 5) is 45.9. The van der Waals surface area contributed by atoms with Gasteiger partial charge in [-0.1, -0.05) is 6.92 Å². The summed E-state index contributed by atoms with van der Waals surface area (Å²) in [6, 6.07) is 5.42. The van der Waals surface area contributed by atoms with Crippen LogP contribution in [0.15, 0.2) is 24.3 Å². The normalized spacial score (nSPS) is 12.4. The largest absolute Gasteiger partial charge is 0.469 e. The highest BCUT2D eigenvalue weighted by atomic mass is 16.6. The van der Waals surface area contributed by atoms with Gasteiger partial charge in [0, 0.05) is 0 Å². The maximum absolute atomic E-state index is 12.0. The van der Waals surface area contributed by atoms with Crippen molar-refractivity contribution < 1.29 is 48.3 Å². The number of aliphatic hydroxyl groups is 2. The third-order valence-corrected chi connectivity index (χ3v) is 3.59. The first-order valence-corrected chi connectivity index (χ1v) is 8.79. The van der Waals surface area contributed by atoms with Crippen LogP contribution in [0.2, 0.25) is 0 Å². The van der Waals surface area contributed by atoms with Crippen LogP contribution >= 0.6 is 0 Å². The predicted octanol–water partition coefficient (Wildman–Crippen LogP) is 0.238. The molecule has 2 atom stereocenters. The zero-order valence-corrected chi connectivity index (χ0v) is 16.2. The molecule has 0 saturated carbocycles. The van der Waals surface area contributed by atoms with Crippen LogP contribution in [0.1, 0.15) is 40.5 Å². The molecule has 29 heavy (non-hydrogen) atoms. The van der Waals surface area contributed by atoms with Crippen LogP contribution in [0.3, 0.4) is 0 Å². The Morgan fingerprint density at radius 2 is 1.24 bits per heavy atom. The first kappa shape index (κ1) is 24.1. The van der Waals surface area contributed by atoms with Gasteiger partial charge in [-0.3, -0.25) is 9.59 Å². The van der Waals surface area contributed by atoms with Crippen molar-refractivity contribution in [1.29, 1.82) is 0 Å². The molecule has 0 aliphatic rings. The summed E-state index contributed by atoms with van der Waals surface area (Å²) in [6.07, 6.45) is -2.15. The number of hydrogen-bond donors (Lipinski definition) is 2. The third kappa shape index (κ3) is 9.17. The van der Waals surface area contributed by atoms with Gasteiger partial charge in [0.15, 0.2) is 0 Å². The molecule has 160 valence electrons. The molecule has 0 fully saturated rings. The molecule has 2 unspecified atom stereocenters. The number of ether oxygens (including phenoxy) is 4. The van der Waals surface area contributed by atoms with E-state index in [9.17, 15) is 29.4 Å². The summed E-state index contributed by atoms with van der Waals surface area (Å²) in [6.45, 7) is 0.726. The monoisotopic (exact) mass is 412 g/mol. The van der Waals surface area contributed by atoms with E-state index in [1.165, 1.54) is 24.3 Å². The molecule has 2 N–H and O–H groups in total. The van der Waals surface area contributed by atoms with Crippen LogP contribution in [0.5, 0.6) is 0 Å². The number of methoxy groups -OCH3 is 1. The van der Waals surface area contributed by atoms with Crippen LogP contribution in [0.4, 0.5) is 0 Å². The van der Waals surface area contributed by atoms with Crippen molar-refractivity contribution in [2.45, 2.75) is 32.0 Å². The fraction of sp³-hybridized carbons (Fsp3) is 0.474. The van der Waals surface area contributed by atoms with E-state index in [0.29, 0.717) is 6.42 Å². The predicted molar refractivity (Wildman–Crippen MR) is 96.9 cm³/mol. The lowest BCUT2D eigenvalue weighted by molar-refractivity contribution is -0.155. The molecule has 0 aromatic heterocycles. The zero-order valence-electron chi connectivity index (χ0n) is 16.2. The van der Waals surface area contributed by atoms with E-state index in [1.54, 1.807) is 6.92 Å². The molecule has 1 rings (SSSR count).